The number of aryl methyl sites for hydroxylation is 1. The molecule has 1 N–H and O–H groups in total. The molecule has 0 aliphatic heterocycles. The molecule has 1 unspecified atom stereocenters. The quantitative estimate of drug-likeness (QED) is 0.620. The predicted molar refractivity (Wildman–Crippen MR) is 109 cm³/mol. The van der Waals surface area contributed by atoms with Gasteiger partial charge in [0.25, 0.3) is 0 Å². The molecule has 0 aliphatic rings. The smallest absolute Gasteiger partial charge is 0.221 e. The average molecular weight is 381 g/mol. The maximum atomic E-state index is 12.7. The number of hydrogen-bond acceptors (Lipinski definition) is 4. The van der Waals surface area contributed by atoms with E-state index in [1.807, 2.05) is 66.0 Å². The van der Waals surface area contributed by atoms with Gasteiger partial charge in [-0.2, -0.15) is 0 Å². The average Bonchev–Trinajstić information content (AvgIpc) is 3.25. The summed E-state index contributed by atoms with van der Waals surface area (Å²) in [5.41, 5.74) is 2.03. The van der Waals surface area contributed by atoms with Crippen LogP contribution in [0.1, 0.15) is 28.5 Å². The van der Waals surface area contributed by atoms with Crippen molar-refractivity contribution in [2.24, 2.45) is 0 Å². The highest BCUT2D eigenvalue weighted by molar-refractivity contribution is 7.10. The van der Waals surface area contributed by atoms with Crippen LogP contribution in [0.15, 0.2) is 66.0 Å². The number of rotatable bonds is 8. The Kier molecular flexibility index (Phi) is 6.49. The van der Waals surface area contributed by atoms with E-state index in [-0.39, 0.29) is 11.9 Å². The van der Waals surface area contributed by atoms with Crippen LogP contribution < -0.4 is 14.8 Å². The van der Waals surface area contributed by atoms with E-state index in [9.17, 15) is 4.79 Å². The van der Waals surface area contributed by atoms with Crippen molar-refractivity contribution in [2.45, 2.75) is 18.9 Å². The Hall–Kier alpha value is -2.79. The number of benzene rings is 2. The number of thiophene rings is 1. The number of methoxy groups -OCH3 is 2. The third-order valence-corrected chi connectivity index (χ3v) is 5.31. The van der Waals surface area contributed by atoms with Gasteiger partial charge in [-0.25, -0.2) is 0 Å². The van der Waals surface area contributed by atoms with Crippen molar-refractivity contribution in [1.82, 2.24) is 5.32 Å². The SMILES string of the molecule is COc1cccc(CCC(=O)NC(c2ccccc2)c2cccs2)c1OC. The zero-order chi connectivity index (χ0) is 19.1. The highest BCUT2D eigenvalue weighted by Crippen LogP contribution is 2.31. The summed E-state index contributed by atoms with van der Waals surface area (Å²) < 4.78 is 10.8. The van der Waals surface area contributed by atoms with Crippen molar-refractivity contribution in [2.75, 3.05) is 14.2 Å². The van der Waals surface area contributed by atoms with E-state index in [2.05, 4.69) is 5.32 Å². The van der Waals surface area contributed by atoms with Gasteiger partial charge in [0, 0.05) is 11.3 Å². The molecule has 0 bridgehead atoms. The molecule has 5 heteroatoms. The zero-order valence-electron chi connectivity index (χ0n) is 15.5. The van der Waals surface area contributed by atoms with Crippen molar-refractivity contribution in [3.05, 3.63) is 82.0 Å². The number of hydrogen-bond donors (Lipinski definition) is 1. The lowest BCUT2D eigenvalue weighted by Gasteiger charge is -2.18. The molecule has 3 aromatic rings. The molecule has 1 atom stereocenters. The lowest BCUT2D eigenvalue weighted by molar-refractivity contribution is -0.121. The Bertz CT molecular complexity index is 863. The van der Waals surface area contributed by atoms with Crippen LogP contribution in [0.5, 0.6) is 11.5 Å². The summed E-state index contributed by atoms with van der Waals surface area (Å²) in [6.45, 7) is 0. The van der Waals surface area contributed by atoms with Gasteiger partial charge in [0.05, 0.1) is 20.3 Å². The Labute approximate surface area is 163 Å². The Morgan fingerprint density at radius 2 is 1.81 bits per heavy atom. The molecule has 0 spiro atoms. The van der Waals surface area contributed by atoms with E-state index < -0.39 is 0 Å². The molecule has 4 nitrogen and oxygen atoms in total. The standard InChI is InChI=1S/C22H23NO3S/c1-25-18-11-6-10-17(22(18)26-2)13-14-20(24)23-21(19-12-7-15-27-19)16-8-4-3-5-9-16/h3-12,15,21H,13-14H2,1-2H3,(H,23,24). The molecule has 1 heterocycles. The topological polar surface area (TPSA) is 47.6 Å². The minimum atomic E-state index is -0.133. The first-order valence-corrected chi connectivity index (χ1v) is 9.68. The molecular weight excluding hydrogens is 358 g/mol. The molecule has 27 heavy (non-hydrogen) atoms. The van der Waals surface area contributed by atoms with Crippen molar-refractivity contribution in [1.29, 1.82) is 0 Å². The molecule has 3 rings (SSSR count). The van der Waals surface area contributed by atoms with Crippen LogP contribution in [-0.4, -0.2) is 20.1 Å². The van der Waals surface area contributed by atoms with E-state index in [1.165, 1.54) is 0 Å². The van der Waals surface area contributed by atoms with Crippen LogP contribution in [0.25, 0.3) is 0 Å². The molecule has 2 aromatic carbocycles. The van der Waals surface area contributed by atoms with E-state index >= 15 is 0 Å². The number of carbonyl (C=O) groups is 1. The van der Waals surface area contributed by atoms with E-state index in [1.54, 1.807) is 25.6 Å². The number of amides is 1. The third kappa shape index (κ3) is 4.68. The van der Waals surface area contributed by atoms with Crippen LogP contribution in [-0.2, 0) is 11.2 Å². The normalized spacial score (nSPS) is 11.6. The van der Waals surface area contributed by atoms with Gasteiger partial charge < -0.3 is 14.8 Å². The van der Waals surface area contributed by atoms with E-state index in [4.69, 9.17) is 9.47 Å². The monoisotopic (exact) mass is 381 g/mol. The molecule has 1 amide bonds. The summed E-state index contributed by atoms with van der Waals surface area (Å²) in [5, 5.41) is 5.20. The molecular formula is C22H23NO3S. The van der Waals surface area contributed by atoms with Gasteiger partial charge in [-0.15, -0.1) is 11.3 Å². The Balaban J connectivity index is 1.71. The summed E-state index contributed by atoms with van der Waals surface area (Å²) in [7, 11) is 3.23. The lowest BCUT2D eigenvalue weighted by Crippen LogP contribution is -2.29. The van der Waals surface area contributed by atoms with Gasteiger partial charge in [0.2, 0.25) is 5.91 Å². The van der Waals surface area contributed by atoms with Gasteiger partial charge in [-0.3, -0.25) is 4.79 Å². The molecule has 0 saturated heterocycles. The minimum Gasteiger partial charge on any atom is -0.493 e. The maximum Gasteiger partial charge on any atom is 0.221 e. The fraction of sp³-hybridized carbons (Fsp3) is 0.227. The molecule has 0 aliphatic carbocycles. The predicted octanol–water partition coefficient (Wildman–Crippen LogP) is 4.60. The van der Waals surface area contributed by atoms with Gasteiger partial charge >= 0.3 is 0 Å². The summed E-state index contributed by atoms with van der Waals surface area (Å²) >= 11 is 1.64. The maximum absolute atomic E-state index is 12.7. The van der Waals surface area contributed by atoms with Gasteiger partial charge in [0.15, 0.2) is 11.5 Å². The van der Waals surface area contributed by atoms with Crippen molar-refractivity contribution in [3.8, 4) is 11.5 Å². The van der Waals surface area contributed by atoms with Crippen LogP contribution in [0.2, 0.25) is 0 Å². The van der Waals surface area contributed by atoms with Crippen LogP contribution in [0.4, 0.5) is 0 Å². The minimum absolute atomic E-state index is 0.00197. The fourth-order valence-electron chi connectivity index (χ4n) is 3.05. The van der Waals surface area contributed by atoms with E-state index in [0.717, 1.165) is 16.0 Å². The number of ether oxygens (including phenoxy) is 2. The van der Waals surface area contributed by atoms with Crippen LogP contribution in [0, 0.1) is 0 Å². The van der Waals surface area contributed by atoms with Crippen LogP contribution >= 0.6 is 11.3 Å². The Morgan fingerprint density at radius 1 is 1.00 bits per heavy atom. The summed E-state index contributed by atoms with van der Waals surface area (Å²) in [4.78, 5) is 13.8. The van der Waals surface area contributed by atoms with Gasteiger partial charge in [-0.1, -0.05) is 48.5 Å². The summed E-state index contributed by atoms with van der Waals surface area (Å²) in [5.74, 6) is 1.36. The van der Waals surface area contributed by atoms with Gasteiger partial charge in [-0.05, 0) is 35.1 Å². The van der Waals surface area contributed by atoms with Gasteiger partial charge in [0.1, 0.15) is 0 Å². The second-order valence-corrected chi connectivity index (χ2v) is 7.06. The number of para-hydroxylation sites is 1. The van der Waals surface area contributed by atoms with Crippen molar-refractivity contribution in [3.63, 3.8) is 0 Å². The first kappa shape index (κ1) is 19.0. The second-order valence-electron chi connectivity index (χ2n) is 6.08. The zero-order valence-corrected chi connectivity index (χ0v) is 16.3. The molecule has 0 fully saturated rings. The summed E-state index contributed by atoms with van der Waals surface area (Å²) in [6.07, 6.45) is 0.955. The molecule has 140 valence electrons. The number of nitrogens with one attached hydrogen (secondary N) is 1. The molecule has 0 saturated carbocycles. The third-order valence-electron chi connectivity index (χ3n) is 4.37. The first-order valence-electron chi connectivity index (χ1n) is 8.80. The lowest BCUT2D eigenvalue weighted by atomic mass is 10.0. The molecule has 1 aromatic heterocycles. The van der Waals surface area contributed by atoms with Crippen molar-refractivity contribution >= 4 is 17.2 Å². The highest BCUT2D eigenvalue weighted by atomic mass is 32.1. The first-order chi connectivity index (χ1) is 13.2. The fourth-order valence-corrected chi connectivity index (χ4v) is 3.85. The summed E-state index contributed by atoms with van der Waals surface area (Å²) in [6, 6.07) is 19.7. The van der Waals surface area contributed by atoms with E-state index in [0.29, 0.717) is 24.3 Å². The van der Waals surface area contributed by atoms with Crippen molar-refractivity contribution < 1.29 is 14.3 Å². The second kappa shape index (κ2) is 9.24. The highest BCUT2D eigenvalue weighted by Gasteiger charge is 2.18. The molecule has 0 radical (unpaired) electrons. The Morgan fingerprint density at radius 3 is 2.48 bits per heavy atom. The largest absolute Gasteiger partial charge is 0.493 e. The number of carbonyl (C=O) groups excluding carboxylic acids is 1. The van der Waals surface area contributed by atoms with Crippen LogP contribution in [0.3, 0.4) is 0 Å².